The number of halogens is 1. The Morgan fingerprint density at radius 3 is 2.80 bits per heavy atom. The highest BCUT2D eigenvalue weighted by Gasteiger charge is 2.28. The minimum atomic E-state index is -1.05. The van der Waals surface area contributed by atoms with Gasteiger partial charge in [-0.2, -0.15) is 0 Å². The lowest BCUT2D eigenvalue weighted by molar-refractivity contribution is -0.137. The first kappa shape index (κ1) is 14.8. The van der Waals surface area contributed by atoms with Gasteiger partial charge in [-0.25, -0.2) is 0 Å². The van der Waals surface area contributed by atoms with Crippen molar-refractivity contribution in [1.82, 2.24) is 5.32 Å². The van der Waals surface area contributed by atoms with Crippen LogP contribution in [0.2, 0.25) is 5.02 Å². The van der Waals surface area contributed by atoms with Crippen molar-refractivity contribution in [3.63, 3.8) is 0 Å². The third-order valence-electron chi connectivity index (χ3n) is 3.29. The second-order valence-electron chi connectivity index (χ2n) is 4.80. The van der Waals surface area contributed by atoms with Gasteiger partial charge in [0.15, 0.2) is 0 Å². The van der Waals surface area contributed by atoms with E-state index in [9.17, 15) is 9.59 Å². The molecule has 1 amide bonds. The second-order valence-corrected chi connectivity index (χ2v) is 5.24. The molecule has 0 saturated carbocycles. The number of carbonyl (C=O) groups excluding carboxylic acids is 1. The van der Waals surface area contributed by atoms with Crippen LogP contribution in [-0.2, 0) is 9.59 Å². The second kappa shape index (κ2) is 6.72. The molecule has 1 aliphatic heterocycles. The summed E-state index contributed by atoms with van der Waals surface area (Å²) in [6.45, 7) is 0.421. The summed E-state index contributed by atoms with van der Waals surface area (Å²) in [5, 5.41) is 12.6. The lowest BCUT2D eigenvalue weighted by Crippen LogP contribution is -2.50. The first-order valence-corrected chi connectivity index (χ1v) is 6.98. The molecule has 0 aliphatic carbocycles. The van der Waals surface area contributed by atoms with E-state index in [-0.39, 0.29) is 18.5 Å². The van der Waals surface area contributed by atoms with Crippen molar-refractivity contribution in [2.45, 2.75) is 25.3 Å². The van der Waals surface area contributed by atoms with E-state index < -0.39 is 5.97 Å². The number of amides is 1. The van der Waals surface area contributed by atoms with Crippen LogP contribution < -0.4 is 10.2 Å². The maximum Gasteiger partial charge on any atom is 0.323 e. The molecule has 0 aromatic heterocycles. The van der Waals surface area contributed by atoms with Crippen LogP contribution in [0.4, 0.5) is 5.69 Å². The summed E-state index contributed by atoms with van der Waals surface area (Å²) < 4.78 is 0. The van der Waals surface area contributed by atoms with Crippen LogP contribution >= 0.6 is 11.6 Å². The van der Waals surface area contributed by atoms with Gasteiger partial charge in [0, 0.05) is 10.7 Å². The number of carbonyl (C=O) groups is 2. The molecule has 0 bridgehead atoms. The molecule has 1 aromatic rings. The van der Waals surface area contributed by atoms with Crippen LogP contribution in [0, 0.1) is 0 Å². The van der Waals surface area contributed by atoms with E-state index in [0.717, 1.165) is 25.8 Å². The number of anilines is 1. The number of carboxylic acids is 1. The Labute approximate surface area is 122 Å². The van der Waals surface area contributed by atoms with Gasteiger partial charge in [0.25, 0.3) is 0 Å². The van der Waals surface area contributed by atoms with Crippen molar-refractivity contribution in [1.29, 1.82) is 0 Å². The van der Waals surface area contributed by atoms with Gasteiger partial charge in [0.05, 0.1) is 6.04 Å². The Morgan fingerprint density at radius 2 is 2.20 bits per heavy atom. The molecule has 0 unspecified atom stereocenters. The fraction of sp³-hybridized carbons (Fsp3) is 0.429. The standard InChI is InChI=1S/C14H17ClN2O3/c15-10-4-3-5-11(8-10)17(9-13(18)19)14(20)12-6-1-2-7-16-12/h3-5,8,12,16H,1-2,6-7,9H2,(H,18,19)/t12-/m1/s1. The van der Waals surface area contributed by atoms with Gasteiger partial charge in [-0.05, 0) is 37.6 Å². The van der Waals surface area contributed by atoms with E-state index in [1.165, 1.54) is 4.90 Å². The van der Waals surface area contributed by atoms with Gasteiger partial charge in [-0.1, -0.05) is 24.1 Å². The van der Waals surface area contributed by atoms with Crippen molar-refractivity contribution >= 4 is 29.2 Å². The van der Waals surface area contributed by atoms with Crippen molar-refractivity contribution in [3.8, 4) is 0 Å². The van der Waals surface area contributed by atoms with E-state index in [2.05, 4.69) is 5.32 Å². The minimum absolute atomic E-state index is 0.214. The number of hydrogen-bond acceptors (Lipinski definition) is 3. The summed E-state index contributed by atoms with van der Waals surface area (Å²) >= 11 is 5.91. The third-order valence-corrected chi connectivity index (χ3v) is 3.52. The van der Waals surface area contributed by atoms with E-state index in [1.807, 2.05) is 0 Å². The maximum absolute atomic E-state index is 12.5. The Kier molecular flexibility index (Phi) is 4.98. The molecule has 1 saturated heterocycles. The van der Waals surface area contributed by atoms with Crippen molar-refractivity contribution < 1.29 is 14.7 Å². The molecule has 1 heterocycles. The molecule has 1 aromatic carbocycles. The largest absolute Gasteiger partial charge is 0.480 e. The maximum atomic E-state index is 12.5. The number of hydrogen-bond donors (Lipinski definition) is 2. The quantitative estimate of drug-likeness (QED) is 0.890. The lowest BCUT2D eigenvalue weighted by atomic mass is 10.0. The fourth-order valence-corrected chi connectivity index (χ4v) is 2.51. The van der Waals surface area contributed by atoms with Gasteiger partial charge >= 0.3 is 5.97 Å². The van der Waals surface area contributed by atoms with Crippen molar-refractivity contribution in [3.05, 3.63) is 29.3 Å². The molecule has 6 heteroatoms. The van der Waals surface area contributed by atoms with E-state index in [0.29, 0.717) is 10.7 Å². The Morgan fingerprint density at radius 1 is 1.40 bits per heavy atom. The average molecular weight is 297 g/mol. The number of aliphatic carboxylic acids is 1. The molecule has 1 atom stereocenters. The highest BCUT2D eigenvalue weighted by Crippen LogP contribution is 2.21. The lowest BCUT2D eigenvalue weighted by Gasteiger charge is -2.29. The van der Waals surface area contributed by atoms with Crippen LogP contribution in [0.3, 0.4) is 0 Å². The number of carboxylic acid groups (broad SMARTS) is 1. The zero-order valence-electron chi connectivity index (χ0n) is 11.0. The fourth-order valence-electron chi connectivity index (χ4n) is 2.33. The minimum Gasteiger partial charge on any atom is -0.480 e. The number of rotatable bonds is 4. The highest BCUT2D eigenvalue weighted by atomic mass is 35.5. The Hall–Kier alpha value is -1.59. The SMILES string of the molecule is O=C(O)CN(C(=O)[C@H]1CCCCN1)c1cccc(Cl)c1. The molecule has 2 rings (SSSR count). The number of nitrogens with zero attached hydrogens (tertiary/aromatic N) is 1. The summed E-state index contributed by atoms with van der Waals surface area (Å²) in [4.78, 5) is 24.8. The smallest absolute Gasteiger partial charge is 0.323 e. The predicted molar refractivity (Wildman–Crippen MR) is 77.1 cm³/mol. The van der Waals surface area contributed by atoms with E-state index in [1.54, 1.807) is 24.3 Å². The summed E-state index contributed by atoms with van der Waals surface area (Å²) in [7, 11) is 0. The van der Waals surface area contributed by atoms with Crippen LogP contribution in [0.1, 0.15) is 19.3 Å². The average Bonchev–Trinajstić information content (AvgIpc) is 2.45. The molecule has 1 aliphatic rings. The molecule has 2 N–H and O–H groups in total. The third kappa shape index (κ3) is 3.71. The molecule has 20 heavy (non-hydrogen) atoms. The van der Waals surface area contributed by atoms with E-state index in [4.69, 9.17) is 16.7 Å². The molecule has 0 radical (unpaired) electrons. The monoisotopic (exact) mass is 296 g/mol. The van der Waals surface area contributed by atoms with Gasteiger partial charge in [0.1, 0.15) is 6.54 Å². The highest BCUT2D eigenvalue weighted by molar-refractivity contribution is 6.31. The van der Waals surface area contributed by atoms with Gasteiger partial charge in [-0.15, -0.1) is 0 Å². The first-order chi connectivity index (χ1) is 9.58. The number of nitrogens with one attached hydrogen (secondary N) is 1. The molecular weight excluding hydrogens is 280 g/mol. The molecule has 1 fully saturated rings. The predicted octanol–water partition coefficient (Wildman–Crippen LogP) is 1.90. The van der Waals surface area contributed by atoms with Gasteiger partial charge < -0.3 is 10.4 Å². The Bertz CT molecular complexity index is 501. The summed E-state index contributed by atoms with van der Waals surface area (Å²) in [5.74, 6) is -1.26. The molecule has 5 nitrogen and oxygen atoms in total. The summed E-state index contributed by atoms with van der Waals surface area (Å²) in [5.41, 5.74) is 0.511. The van der Waals surface area contributed by atoms with Crippen LogP contribution in [0.15, 0.2) is 24.3 Å². The zero-order chi connectivity index (χ0) is 14.5. The van der Waals surface area contributed by atoms with Crippen molar-refractivity contribution in [2.75, 3.05) is 18.0 Å². The molecular formula is C14H17ClN2O3. The van der Waals surface area contributed by atoms with Gasteiger partial charge in [0.2, 0.25) is 5.91 Å². The summed E-state index contributed by atoms with van der Waals surface area (Å²) in [6, 6.07) is 6.37. The molecule has 108 valence electrons. The number of piperidine rings is 1. The molecule has 0 spiro atoms. The van der Waals surface area contributed by atoms with E-state index >= 15 is 0 Å². The summed E-state index contributed by atoms with van der Waals surface area (Å²) in [6.07, 6.45) is 2.75. The van der Waals surface area contributed by atoms with Crippen LogP contribution in [0.25, 0.3) is 0 Å². The van der Waals surface area contributed by atoms with Crippen LogP contribution in [-0.4, -0.2) is 36.1 Å². The van der Waals surface area contributed by atoms with Crippen molar-refractivity contribution in [2.24, 2.45) is 0 Å². The zero-order valence-corrected chi connectivity index (χ0v) is 11.8. The Balaban J connectivity index is 2.22. The topological polar surface area (TPSA) is 69.6 Å². The normalized spacial score (nSPS) is 18.6. The van der Waals surface area contributed by atoms with Crippen LogP contribution in [0.5, 0.6) is 0 Å². The first-order valence-electron chi connectivity index (χ1n) is 6.60. The van der Waals surface area contributed by atoms with Gasteiger partial charge in [-0.3, -0.25) is 14.5 Å². The number of benzene rings is 1.